The van der Waals surface area contributed by atoms with Gasteiger partial charge in [-0.15, -0.1) is 12.4 Å². The van der Waals surface area contributed by atoms with Crippen LogP contribution in [0.15, 0.2) is 65.7 Å². The van der Waals surface area contributed by atoms with Crippen LogP contribution < -0.4 is 25.2 Å². The van der Waals surface area contributed by atoms with Gasteiger partial charge in [-0.1, -0.05) is 0 Å². The minimum absolute atomic E-state index is 0. The molecule has 0 spiro atoms. The SMILES string of the molecule is Cl.N#Cc1c(NS(=O)(=O)N2CC[C@@H](F)C2)ccc(F)c1Oc1ccc2ncn(-c3ccc(N4CCNCC4)cc3)c(=O)c2c1. The van der Waals surface area contributed by atoms with Crippen molar-refractivity contribution in [1.82, 2.24) is 19.2 Å². The van der Waals surface area contributed by atoms with Crippen LogP contribution in [0.25, 0.3) is 16.6 Å². The number of hydrogen-bond acceptors (Lipinski definition) is 8. The molecular weight excluding hydrogens is 616 g/mol. The molecule has 0 unspecified atom stereocenters. The van der Waals surface area contributed by atoms with Crippen LogP contribution in [0.2, 0.25) is 0 Å². The molecule has 3 aromatic carbocycles. The number of hydrogen-bond donors (Lipinski definition) is 2. The molecule has 0 saturated carbocycles. The van der Waals surface area contributed by atoms with Crippen LogP contribution in [0.1, 0.15) is 12.0 Å². The number of benzene rings is 3. The van der Waals surface area contributed by atoms with Gasteiger partial charge in [0.2, 0.25) is 0 Å². The van der Waals surface area contributed by atoms with Gasteiger partial charge in [-0.3, -0.25) is 14.1 Å². The summed E-state index contributed by atoms with van der Waals surface area (Å²) in [5.74, 6) is -1.41. The second kappa shape index (κ2) is 12.7. The predicted octanol–water partition coefficient (Wildman–Crippen LogP) is 3.72. The van der Waals surface area contributed by atoms with Gasteiger partial charge in [0.25, 0.3) is 5.56 Å². The molecule has 6 rings (SSSR count). The van der Waals surface area contributed by atoms with E-state index in [0.717, 1.165) is 48.3 Å². The van der Waals surface area contributed by atoms with E-state index in [0.29, 0.717) is 11.2 Å². The third-order valence-corrected chi connectivity index (χ3v) is 8.94. The topological polar surface area (TPSA) is 133 Å². The highest BCUT2D eigenvalue weighted by atomic mass is 35.5. The van der Waals surface area contributed by atoms with E-state index in [2.05, 4.69) is 19.9 Å². The minimum atomic E-state index is -4.20. The summed E-state index contributed by atoms with van der Waals surface area (Å²) in [5, 5.41) is 13.3. The van der Waals surface area contributed by atoms with E-state index in [-0.39, 0.29) is 54.3 Å². The Bertz CT molecular complexity index is 1900. The predicted molar refractivity (Wildman–Crippen MR) is 164 cm³/mol. The Morgan fingerprint density at radius 3 is 2.45 bits per heavy atom. The second-order valence-corrected chi connectivity index (χ2v) is 11.9. The fraction of sp³-hybridized carbons (Fsp3) is 0.276. The van der Waals surface area contributed by atoms with Gasteiger partial charge in [-0.25, -0.2) is 13.8 Å². The number of piperazine rings is 1. The van der Waals surface area contributed by atoms with E-state index in [1.54, 1.807) is 6.07 Å². The van der Waals surface area contributed by atoms with Crippen molar-refractivity contribution in [2.45, 2.75) is 12.6 Å². The van der Waals surface area contributed by atoms with E-state index in [9.17, 15) is 27.3 Å². The Kier molecular flexibility index (Phi) is 9.02. The maximum Gasteiger partial charge on any atom is 0.301 e. The highest BCUT2D eigenvalue weighted by molar-refractivity contribution is 7.90. The van der Waals surface area contributed by atoms with Gasteiger partial charge in [0.1, 0.15) is 29.9 Å². The van der Waals surface area contributed by atoms with E-state index >= 15 is 0 Å². The molecule has 44 heavy (non-hydrogen) atoms. The number of nitrogens with zero attached hydrogens (tertiary/aromatic N) is 5. The van der Waals surface area contributed by atoms with Gasteiger partial charge in [0.05, 0.1) is 22.3 Å². The Morgan fingerprint density at radius 2 is 1.77 bits per heavy atom. The lowest BCUT2D eigenvalue weighted by Crippen LogP contribution is -2.43. The Morgan fingerprint density at radius 1 is 1.05 bits per heavy atom. The van der Waals surface area contributed by atoms with Crippen molar-refractivity contribution in [3.8, 4) is 23.3 Å². The molecule has 2 saturated heterocycles. The molecule has 0 bridgehead atoms. The lowest BCUT2D eigenvalue weighted by Gasteiger charge is -2.29. The van der Waals surface area contributed by atoms with Crippen molar-refractivity contribution in [2.24, 2.45) is 0 Å². The summed E-state index contributed by atoms with van der Waals surface area (Å²) in [7, 11) is -4.20. The second-order valence-electron chi connectivity index (χ2n) is 10.2. The van der Waals surface area contributed by atoms with Crippen LogP contribution in [0.5, 0.6) is 11.5 Å². The number of aromatic nitrogens is 2. The summed E-state index contributed by atoms with van der Waals surface area (Å²) in [6, 6.07) is 15.8. The van der Waals surface area contributed by atoms with Gasteiger partial charge in [-0.05, 0) is 61.0 Å². The molecule has 0 amide bonds. The number of fused-ring (bicyclic) bond motifs is 1. The van der Waals surface area contributed by atoms with Crippen LogP contribution in [-0.4, -0.2) is 67.7 Å². The van der Waals surface area contributed by atoms with Crippen molar-refractivity contribution in [3.63, 3.8) is 0 Å². The zero-order valence-electron chi connectivity index (χ0n) is 23.2. The first kappa shape index (κ1) is 31.1. The summed E-state index contributed by atoms with van der Waals surface area (Å²) < 4.78 is 64.3. The number of anilines is 2. The Hall–Kier alpha value is -4.29. The lowest BCUT2D eigenvalue weighted by molar-refractivity contribution is 0.343. The summed E-state index contributed by atoms with van der Waals surface area (Å²) in [5.41, 5.74) is 1.02. The molecule has 0 radical (unpaired) electrons. The van der Waals surface area contributed by atoms with Crippen LogP contribution >= 0.6 is 12.4 Å². The quantitative estimate of drug-likeness (QED) is 0.312. The first-order valence-corrected chi connectivity index (χ1v) is 15.1. The third-order valence-electron chi connectivity index (χ3n) is 7.45. The van der Waals surface area contributed by atoms with E-state index in [1.165, 1.54) is 29.1 Å². The molecule has 15 heteroatoms. The summed E-state index contributed by atoms with van der Waals surface area (Å²) in [6.45, 7) is 3.25. The van der Waals surface area contributed by atoms with Gasteiger partial charge < -0.3 is 15.0 Å². The zero-order valence-corrected chi connectivity index (χ0v) is 24.9. The molecule has 1 atom stereocenters. The summed E-state index contributed by atoms with van der Waals surface area (Å²) >= 11 is 0. The maximum absolute atomic E-state index is 14.9. The van der Waals surface area contributed by atoms with Crippen molar-refractivity contribution >= 4 is 44.9 Å². The Labute approximate surface area is 258 Å². The molecule has 4 aromatic rings. The zero-order chi connectivity index (χ0) is 30.1. The minimum Gasteiger partial charge on any atom is -0.453 e. The standard InChI is InChI=1S/C29H27F2N7O4S.ClH/c30-19-9-12-37(17-19)43(40,41)35-27-8-6-25(31)28(24(27)16-32)42-22-5-7-26-23(15-22)29(39)38(18-34-26)21-3-1-20(2-4-21)36-13-10-33-11-14-36;/h1-8,15,18-19,33,35H,9-14,17H2;1H/t19-;/m1./s1. The smallest absolute Gasteiger partial charge is 0.301 e. The van der Waals surface area contributed by atoms with Gasteiger partial charge in [0, 0.05) is 45.0 Å². The molecule has 2 fully saturated rings. The first-order valence-electron chi connectivity index (χ1n) is 13.6. The molecule has 2 aliphatic heterocycles. The number of halogens is 3. The van der Waals surface area contributed by atoms with Crippen molar-refractivity contribution in [1.29, 1.82) is 5.26 Å². The molecule has 2 aliphatic rings. The van der Waals surface area contributed by atoms with E-state index in [1.807, 2.05) is 24.3 Å². The van der Waals surface area contributed by atoms with Crippen LogP contribution in [0.3, 0.4) is 0 Å². The van der Waals surface area contributed by atoms with Crippen molar-refractivity contribution < 1.29 is 21.9 Å². The van der Waals surface area contributed by atoms with Crippen LogP contribution in [-0.2, 0) is 10.2 Å². The molecule has 1 aromatic heterocycles. The Balaban J connectivity index is 0.00000384. The van der Waals surface area contributed by atoms with E-state index < -0.39 is 33.5 Å². The lowest BCUT2D eigenvalue weighted by atomic mass is 10.1. The summed E-state index contributed by atoms with van der Waals surface area (Å²) in [4.78, 5) is 20.1. The van der Waals surface area contributed by atoms with Crippen LogP contribution in [0.4, 0.5) is 20.2 Å². The van der Waals surface area contributed by atoms with Gasteiger partial charge >= 0.3 is 10.2 Å². The highest BCUT2D eigenvalue weighted by Gasteiger charge is 2.32. The number of nitriles is 1. The average molecular weight is 644 g/mol. The molecule has 2 N–H and O–H groups in total. The van der Waals surface area contributed by atoms with Crippen molar-refractivity contribution in [3.05, 3.63) is 82.7 Å². The largest absolute Gasteiger partial charge is 0.453 e. The highest BCUT2D eigenvalue weighted by Crippen LogP contribution is 2.34. The average Bonchev–Trinajstić information content (AvgIpc) is 3.47. The third kappa shape index (κ3) is 6.18. The number of rotatable bonds is 7. The fourth-order valence-electron chi connectivity index (χ4n) is 5.18. The van der Waals surface area contributed by atoms with Crippen molar-refractivity contribution in [2.75, 3.05) is 48.9 Å². The van der Waals surface area contributed by atoms with Gasteiger partial charge in [0.15, 0.2) is 11.6 Å². The molecule has 3 heterocycles. The van der Waals surface area contributed by atoms with E-state index in [4.69, 9.17) is 4.74 Å². The monoisotopic (exact) mass is 643 g/mol. The number of nitrogens with one attached hydrogen (secondary N) is 2. The molecule has 11 nitrogen and oxygen atoms in total. The molecule has 0 aliphatic carbocycles. The maximum atomic E-state index is 14.9. The number of ether oxygens (including phenoxy) is 1. The van der Waals surface area contributed by atoms with Crippen LogP contribution in [0, 0.1) is 17.1 Å². The summed E-state index contributed by atoms with van der Waals surface area (Å²) in [6.07, 6.45) is 0.201. The normalized spacial score (nSPS) is 17.2. The van der Waals surface area contributed by atoms with Gasteiger partial charge in [-0.2, -0.15) is 18.0 Å². The number of alkyl halides is 1. The molecular formula is C29H28ClF2N7O4S. The fourth-order valence-corrected chi connectivity index (χ4v) is 6.46. The molecule has 230 valence electrons. The first-order chi connectivity index (χ1) is 20.7.